The van der Waals surface area contributed by atoms with Crippen LogP contribution in [0.1, 0.15) is 26.1 Å². The maximum atomic E-state index is 12.0. The molecule has 0 saturated carbocycles. The van der Waals surface area contributed by atoms with E-state index in [0.717, 1.165) is 38.4 Å². The number of rotatable bonds is 5. The van der Waals surface area contributed by atoms with E-state index in [1.165, 1.54) is 0 Å². The summed E-state index contributed by atoms with van der Waals surface area (Å²) in [6.07, 6.45) is 1.31. The van der Waals surface area contributed by atoms with Crippen molar-refractivity contribution in [3.63, 3.8) is 0 Å². The third-order valence-electron chi connectivity index (χ3n) is 3.20. The summed E-state index contributed by atoms with van der Waals surface area (Å²) in [6.45, 7) is 8.19. The molecule has 1 fully saturated rings. The van der Waals surface area contributed by atoms with Gasteiger partial charge in [-0.05, 0) is 16.3 Å². The van der Waals surface area contributed by atoms with Crippen LogP contribution < -0.4 is 5.32 Å². The Morgan fingerprint density at radius 3 is 2.79 bits per heavy atom. The molecule has 0 bridgehead atoms. The Labute approximate surface area is 113 Å². The number of nitrogens with one attached hydrogen (secondary N) is 1. The van der Waals surface area contributed by atoms with Gasteiger partial charge in [0.25, 0.3) is 0 Å². The lowest BCUT2D eigenvalue weighted by Crippen LogP contribution is -2.46. The molecular formula is C12H22N6O. The molecule has 1 amide bonds. The lowest BCUT2D eigenvalue weighted by atomic mass is 10.1. The lowest BCUT2D eigenvalue weighted by molar-refractivity contribution is -0.132. The van der Waals surface area contributed by atoms with Gasteiger partial charge in [0.2, 0.25) is 5.91 Å². The summed E-state index contributed by atoms with van der Waals surface area (Å²) in [5.41, 5.74) is 0. The summed E-state index contributed by atoms with van der Waals surface area (Å²) in [5, 5.41) is 14.9. The van der Waals surface area contributed by atoms with Gasteiger partial charge in [0, 0.05) is 39.0 Å². The van der Waals surface area contributed by atoms with Crippen LogP contribution in [0.4, 0.5) is 0 Å². The Bertz CT molecular complexity index is 410. The van der Waals surface area contributed by atoms with E-state index in [0.29, 0.717) is 18.9 Å². The van der Waals surface area contributed by atoms with Gasteiger partial charge in [0.15, 0.2) is 5.82 Å². The number of piperazine rings is 1. The van der Waals surface area contributed by atoms with Gasteiger partial charge in [0.05, 0.1) is 6.54 Å². The second-order valence-corrected chi connectivity index (χ2v) is 5.30. The van der Waals surface area contributed by atoms with Gasteiger partial charge in [0.1, 0.15) is 0 Å². The molecule has 1 N–H and O–H groups in total. The molecule has 1 aromatic heterocycles. The van der Waals surface area contributed by atoms with Crippen LogP contribution in [0.25, 0.3) is 0 Å². The fourth-order valence-corrected chi connectivity index (χ4v) is 2.18. The number of aromatic nitrogens is 4. The minimum absolute atomic E-state index is 0.187. The summed E-state index contributed by atoms with van der Waals surface area (Å²) in [4.78, 5) is 13.9. The third kappa shape index (κ3) is 3.99. The van der Waals surface area contributed by atoms with Crippen molar-refractivity contribution in [2.24, 2.45) is 5.92 Å². The molecule has 1 aliphatic heterocycles. The first-order chi connectivity index (χ1) is 9.16. The van der Waals surface area contributed by atoms with Gasteiger partial charge in [-0.25, -0.2) is 4.68 Å². The highest BCUT2D eigenvalue weighted by atomic mass is 16.2. The molecule has 2 rings (SSSR count). The van der Waals surface area contributed by atoms with Crippen LogP contribution in [0.2, 0.25) is 0 Å². The number of carbonyl (C=O) groups excluding carboxylic acids is 1. The molecule has 1 aromatic rings. The van der Waals surface area contributed by atoms with Crippen LogP contribution >= 0.6 is 0 Å². The fraction of sp³-hybridized carbons (Fsp3) is 0.833. The van der Waals surface area contributed by atoms with E-state index in [9.17, 15) is 4.79 Å². The van der Waals surface area contributed by atoms with Gasteiger partial charge in [-0.3, -0.25) is 4.79 Å². The van der Waals surface area contributed by atoms with E-state index < -0.39 is 0 Å². The van der Waals surface area contributed by atoms with Crippen molar-refractivity contribution < 1.29 is 4.79 Å². The molecule has 0 aromatic carbocycles. The Morgan fingerprint density at radius 1 is 1.37 bits per heavy atom. The van der Waals surface area contributed by atoms with E-state index in [2.05, 4.69) is 34.7 Å². The van der Waals surface area contributed by atoms with Crippen LogP contribution in [-0.2, 0) is 17.8 Å². The monoisotopic (exact) mass is 266 g/mol. The molecule has 7 nitrogen and oxygen atoms in total. The molecule has 7 heteroatoms. The van der Waals surface area contributed by atoms with Crippen molar-refractivity contribution in [3.8, 4) is 0 Å². The Balaban J connectivity index is 1.84. The van der Waals surface area contributed by atoms with Crippen molar-refractivity contribution in [1.82, 2.24) is 30.4 Å². The van der Waals surface area contributed by atoms with Crippen molar-refractivity contribution in [1.29, 1.82) is 0 Å². The van der Waals surface area contributed by atoms with Crippen LogP contribution in [0.15, 0.2) is 0 Å². The summed E-state index contributed by atoms with van der Waals surface area (Å²) < 4.78 is 1.75. The van der Waals surface area contributed by atoms with E-state index in [-0.39, 0.29) is 5.91 Å². The second-order valence-electron chi connectivity index (χ2n) is 5.30. The maximum Gasteiger partial charge on any atom is 0.224 e. The first-order valence-electron chi connectivity index (χ1n) is 6.90. The van der Waals surface area contributed by atoms with Gasteiger partial charge in [-0.2, -0.15) is 0 Å². The zero-order chi connectivity index (χ0) is 13.7. The van der Waals surface area contributed by atoms with Gasteiger partial charge in [-0.15, -0.1) is 5.10 Å². The minimum Gasteiger partial charge on any atom is -0.340 e. The SMILES string of the molecule is CC(C)Cc1nnnn1CCC(=O)N1CCNCC1. The maximum absolute atomic E-state index is 12.0. The molecule has 0 unspecified atom stereocenters. The molecule has 0 aliphatic carbocycles. The zero-order valence-electron chi connectivity index (χ0n) is 11.7. The summed E-state index contributed by atoms with van der Waals surface area (Å²) in [6, 6.07) is 0. The Hall–Kier alpha value is -1.50. The molecule has 0 radical (unpaired) electrons. The topological polar surface area (TPSA) is 75.9 Å². The summed E-state index contributed by atoms with van der Waals surface area (Å²) in [7, 11) is 0. The summed E-state index contributed by atoms with van der Waals surface area (Å²) in [5.74, 6) is 1.56. The number of nitrogens with zero attached hydrogens (tertiary/aromatic N) is 5. The average molecular weight is 266 g/mol. The van der Waals surface area contributed by atoms with E-state index in [4.69, 9.17) is 0 Å². The van der Waals surface area contributed by atoms with Gasteiger partial charge in [-0.1, -0.05) is 13.8 Å². The fourth-order valence-electron chi connectivity index (χ4n) is 2.18. The van der Waals surface area contributed by atoms with Gasteiger partial charge < -0.3 is 10.2 Å². The molecule has 19 heavy (non-hydrogen) atoms. The Kier molecular flexibility index (Phi) is 4.84. The minimum atomic E-state index is 0.187. The van der Waals surface area contributed by atoms with Crippen LogP contribution in [0.3, 0.4) is 0 Å². The lowest BCUT2D eigenvalue weighted by Gasteiger charge is -2.27. The number of amides is 1. The number of tetrazole rings is 1. The second kappa shape index (κ2) is 6.60. The van der Waals surface area contributed by atoms with Crippen molar-refractivity contribution >= 4 is 5.91 Å². The van der Waals surface area contributed by atoms with Crippen molar-refractivity contribution in [3.05, 3.63) is 5.82 Å². The predicted octanol–water partition coefficient (Wildman–Crippen LogP) is -0.306. The summed E-state index contributed by atoms with van der Waals surface area (Å²) >= 11 is 0. The average Bonchev–Trinajstić information content (AvgIpc) is 2.83. The standard InChI is InChI=1S/C12H22N6O/c1-10(2)9-11-14-15-16-18(11)6-3-12(19)17-7-4-13-5-8-17/h10,13H,3-9H2,1-2H3. The first kappa shape index (κ1) is 13.9. The predicted molar refractivity (Wildman–Crippen MR) is 70.4 cm³/mol. The normalized spacial score (nSPS) is 16.1. The molecule has 1 saturated heterocycles. The smallest absolute Gasteiger partial charge is 0.224 e. The zero-order valence-corrected chi connectivity index (χ0v) is 11.7. The van der Waals surface area contributed by atoms with Crippen molar-refractivity contribution in [2.45, 2.75) is 33.2 Å². The first-order valence-corrected chi connectivity index (χ1v) is 6.90. The third-order valence-corrected chi connectivity index (χ3v) is 3.20. The molecule has 1 aliphatic rings. The molecule has 106 valence electrons. The molecule has 2 heterocycles. The number of hydrogen-bond donors (Lipinski definition) is 1. The van der Waals surface area contributed by atoms with E-state index >= 15 is 0 Å². The number of carbonyl (C=O) groups is 1. The molecule has 0 spiro atoms. The van der Waals surface area contributed by atoms with E-state index in [1.807, 2.05) is 4.90 Å². The largest absolute Gasteiger partial charge is 0.340 e. The molecule has 0 atom stereocenters. The van der Waals surface area contributed by atoms with E-state index in [1.54, 1.807) is 4.68 Å². The highest BCUT2D eigenvalue weighted by molar-refractivity contribution is 5.76. The molecular weight excluding hydrogens is 244 g/mol. The number of aryl methyl sites for hydroxylation is 1. The van der Waals surface area contributed by atoms with Crippen LogP contribution in [0.5, 0.6) is 0 Å². The van der Waals surface area contributed by atoms with Crippen LogP contribution in [-0.4, -0.2) is 57.2 Å². The van der Waals surface area contributed by atoms with Crippen molar-refractivity contribution in [2.75, 3.05) is 26.2 Å². The number of hydrogen-bond acceptors (Lipinski definition) is 5. The Morgan fingerprint density at radius 2 is 2.11 bits per heavy atom. The quantitative estimate of drug-likeness (QED) is 0.791. The van der Waals surface area contributed by atoms with Crippen LogP contribution in [0, 0.1) is 5.92 Å². The highest BCUT2D eigenvalue weighted by Gasteiger charge is 2.17. The highest BCUT2D eigenvalue weighted by Crippen LogP contribution is 2.05. The van der Waals surface area contributed by atoms with Gasteiger partial charge >= 0.3 is 0 Å².